The van der Waals surface area contributed by atoms with Gasteiger partial charge in [0.1, 0.15) is 17.6 Å². The number of nitrogens with one attached hydrogen (secondary N) is 2. The number of rotatable bonds is 11. The van der Waals surface area contributed by atoms with Crippen LogP contribution >= 0.6 is 21.6 Å². The van der Waals surface area contributed by atoms with Gasteiger partial charge in [-0.2, -0.15) is 0 Å². The minimum absolute atomic E-state index is 0.00134. The summed E-state index contributed by atoms with van der Waals surface area (Å²) in [6, 6.07) is 5.41. The number of carbonyl (C=O) groups is 3. The summed E-state index contributed by atoms with van der Waals surface area (Å²) < 4.78 is 19.8. The van der Waals surface area contributed by atoms with Crippen molar-refractivity contribution in [3.05, 3.63) is 86.1 Å². The molecule has 0 bridgehead atoms. The molecule has 1 aromatic carbocycles. The smallest absolute Gasteiger partial charge is 0.339 e. The van der Waals surface area contributed by atoms with Crippen LogP contribution in [0.3, 0.4) is 0 Å². The van der Waals surface area contributed by atoms with Crippen LogP contribution in [0.25, 0.3) is 11.0 Å². The van der Waals surface area contributed by atoms with E-state index in [1.165, 1.54) is 0 Å². The number of dihydropyridines is 1. The number of nitrogens with zero attached hydrogens (tertiary/aromatic N) is 1. The quantitative estimate of drug-likeness (QED) is 0.0478. The number of esters is 1. The highest BCUT2D eigenvalue weighted by atomic mass is 33.1. The SMILES string of the molecule is CC=C(CCO)C(=O)OC1(C)CC=C2CSSC3CC(C=O)C(NC)C4CN(C(=O)CC5=C(C=C(N)NC5)C2C12Cc1cc5cc(CC(CO)CCO)c(=O)oc5cc1O2)C34. The molecule has 1 saturated carbocycles. The molecule has 7 N–H and O–H groups in total. The Morgan fingerprint density at radius 3 is 2.75 bits per heavy atom. The molecule has 328 valence electrons. The number of aldehydes is 1. The average Bonchev–Trinajstić information content (AvgIpc) is 3.60. The molecule has 1 saturated heterocycles. The third-order valence-electron chi connectivity index (χ3n) is 14.0. The van der Waals surface area contributed by atoms with Crippen LogP contribution < -0.4 is 26.7 Å². The van der Waals surface area contributed by atoms with Crippen LogP contribution in [-0.4, -0.2) is 113 Å². The van der Waals surface area contributed by atoms with Crippen molar-refractivity contribution in [3.8, 4) is 5.75 Å². The molecule has 1 amide bonds. The van der Waals surface area contributed by atoms with E-state index in [4.69, 9.17) is 19.6 Å². The van der Waals surface area contributed by atoms with Crippen LogP contribution in [-0.2, 0) is 32.0 Å². The van der Waals surface area contributed by atoms with Crippen molar-refractivity contribution in [1.82, 2.24) is 15.5 Å². The van der Waals surface area contributed by atoms with E-state index in [9.17, 15) is 34.5 Å². The van der Waals surface area contributed by atoms with Crippen molar-refractivity contribution in [2.24, 2.45) is 29.4 Å². The first-order valence-electron chi connectivity index (χ1n) is 21.2. The number of benzene rings is 1. The summed E-state index contributed by atoms with van der Waals surface area (Å²) in [6.07, 6.45) is 8.77. The normalized spacial score (nSPS) is 31.5. The fourth-order valence-electron chi connectivity index (χ4n) is 10.7. The number of nitrogens with two attached hydrogens (primary N) is 1. The molecular formula is C45H56N4O10S2. The topological polar surface area (TPSA) is 214 Å². The van der Waals surface area contributed by atoms with Gasteiger partial charge in [0.25, 0.3) is 0 Å². The number of carbonyl (C=O) groups excluding carboxylic acids is 3. The number of amides is 1. The fraction of sp³-hybridized carbons (Fsp3) is 0.556. The molecule has 16 heteroatoms. The summed E-state index contributed by atoms with van der Waals surface area (Å²) in [5.41, 5.74) is 7.99. The Morgan fingerprint density at radius 1 is 1.21 bits per heavy atom. The van der Waals surface area contributed by atoms with Gasteiger partial charge in [-0.1, -0.05) is 39.3 Å². The standard InChI is InChI=1S/C45H56N4O10S2/c1-4-25(7-10-51)43(56)59-44(2)8-5-26-23-60-61-36-14-31(22-53)40(47-3)33-20-49(41(33)36)38(54)15-30-19-48-37(46)16-32(30)39(26)45(44)18-29-13-27-12-28(11-24(21-52)6-9-50)42(55)57-34(27)17-35(29)58-45/h4-5,12-13,16-17,22,24,31,33,36,39-41,47-48,50-52H,6-11,14-15,18-21,23,46H2,1-3H3. The van der Waals surface area contributed by atoms with Gasteiger partial charge < -0.3 is 55.3 Å². The lowest BCUT2D eigenvalue weighted by Gasteiger charge is -2.58. The van der Waals surface area contributed by atoms with E-state index in [-0.39, 0.29) is 86.5 Å². The predicted octanol–water partition coefficient (Wildman–Crippen LogP) is 3.06. The highest BCUT2D eigenvalue weighted by Gasteiger charge is 2.64. The van der Waals surface area contributed by atoms with E-state index in [1.54, 1.807) is 46.7 Å². The van der Waals surface area contributed by atoms with Crippen LogP contribution in [0.4, 0.5) is 0 Å². The first-order valence-corrected chi connectivity index (χ1v) is 23.6. The van der Waals surface area contributed by atoms with Gasteiger partial charge in [0, 0.05) is 104 Å². The molecule has 6 aliphatic rings. The van der Waals surface area contributed by atoms with Gasteiger partial charge >= 0.3 is 11.6 Å². The number of hydrogen-bond acceptors (Lipinski definition) is 15. The number of hydrogen-bond donors (Lipinski definition) is 6. The molecule has 2 aromatic rings. The first-order chi connectivity index (χ1) is 29.4. The van der Waals surface area contributed by atoms with Crippen molar-refractivity contribution in [3.63, 3.8) is 0 Å². The largest absolute Gasteiger partial charge is 0.481 e. The van der Waals surface area contributed by atoms with E-state index in [1.807, 2.05) is 31.0 Å². The molecule has 14 nitrogen and oxygen atoms in total. The van der Waals surface area contributed by atoms with Crippen LogP contribution in [0.2, 0.25) is 0 Å². The number of fused-ring (bicyclic) bond motifs is 5. The van der Waals surface area contributed by atoms with Gasteiger partial charge in [-0.3, -0.25) is 4.79 Å². The minimum Gasteiger partial charge on any atom is -0.481 e. The number of ether oxygens (including phenoxy) is 2. The van der Waals surface area contributed by atoms with E-state index in [2.05, 4.69) is 16.7 Å². The maximum atomic E-state index is 14.5. The highest BCUT2D eigenvalue weighted by Crippen LogP contribution is 2.58. The van der Waals surface area contributed by atoms with Crippen molar-refractivity contribution < 1.29 is 43.6 Å². The Bertz CT molecular complexity index is 2270. The zero-order chi connectivity index (χ0) is 43.2. The van der Waals surface area contributed by atoms with Gasteiger partial charge in [0.15, 0.2) is 11.2 Å². The molecule has 1 aromatic heterocycles. The summed E-state index contributed by atoms with van der Waals surface area (Å²) in [5, 5.41) is 36.6. The van der Waals surface area contributed by atoms with Gasteiger partial charge in [0.05, 0.1) is 24.2 Å². The number of aliphatic hydroxyl groups is 3. The van der Waals surface area contributed by atoms with E-state index >= 15 is 0 Å². The average molecular weight is 877 g/mol. The first kappa shape index (κ1) is 43.6. The lowest BCUT2D eigenvalue weighted by Crippen LogP contribution is -2.71. The molecule has 0 radical (unpaired) electrons. The van der Waals surface area contributed by atoms with Gasteiger partial charge in [-0.25, -0.2) is 9.59 Å². The van der Waals surface area contributed by atoms with Crippen molar-refractivity contribution in [1.29, 1.82) is 0 Å². The van der Waals surface area contributed by atoms with Crippen molar-refractivity contribution in [2.45, 2.75) is 87.3 Å². The Labute approximate surface area is 362 Å². The molecule has 5 heterocycles. The second kappa shape index (κ2) is 17.6. The van der Waals surface area contributed by atoms with E-state index in [0.717, 1.165) is 28.6 Å². The third kappa shape index (κ3) is 7.75. The number of aliphatic hydroxyl groups excluding tert-OH is 3. The molecular weight excluding hydrogens is 821 g/mol. The van der Waals surface area contributed by atoms with Crippen molar-refractivity contribution in [2.75, 3.05) is 45.7 Å². The van der Waals surface area contributed by atoms with Gasteiger partial charge in [-0.05, 0) is 81.0 Å². The molecule has 2 fully saturated rings. The van der Waals surface area contributed by atoms with Crippen LogP contribution in [0.1, 0.15) is 57.1 Å². The second-order valence-electron chi connectivity index (χ2n) is 17.5. The lowest BCUT2D eigenvalue weighted by molar-refractivity contribution is -0.186. The zero-order valence-corrected chi connectivity index (χ0v) is 36.4. The summed E-state index contributed by atoms with van der Waals surface area (Å²) in [5.74, 6) is 0.0333. The molecule has 1 spiro atoms. The monoisotopic (exact) mass is 876 g/mol. The minimum atomic E-state index is -1.30. The highest BCUT2D eigenvalue weighted by molar-refractivity contribution is 8.77. The second-order valence-corrected chi connectivity index (χ2v) is 20.1. The van der Waals surface area contributed by atoms with Crippen LogP contribution in [0.15, 0.2) is 73.8 Å². The Balaban J connectivity index is 1.26. The van der Waals surface area contributed by atoms with Gasteiger partial charge in [-0.15, -0.1) is 0 Å². The molecule has 61 heavy (non-hydrogen) atoms. The van der Waals surface area contributed by atoms with E-state index in [0.29, 0.717) is 71.8 Å². The zero-order valence-electron chi connectivity index (χ0n) is 34.8. The molecule has 8 rings (SSSR count). The summed E-state index contributed by atoms with van der Waals surface area (Å²) in [4.78, 5) is 56.2. The molecule has 2 aliphatic carbocycles. The molecule has 4 aliphatic heterocycles. The Kier molecular flexibility index (Phi) is 12.6. The Morgan fingerprint density at radius 2 is 2.03 bits per heavy atom. The molecule has 9 unspecified atom stereocenters. The van der Waals surface area contributed by atoms with Crippen LogP contribution in [0, 0.1) is 23.7 Å². The van der Waals surface area contributed by atoms with Gasteiger partial charge in [0.2, 0.25) is 5.91 Å². The summed E-state index contributed by atoms with van der Waals surface area (Å²) in [7, 11) is 5.31. The third-order valence-corrected chi connectivity index (χ3v) is 16.8. The maximum Gasteiger partial charge on any atom is 0.339 e. The summed E-state index contributed by atoms with van der Waals surface area (Å²) >= 11 is 0. The summed E-state index contributed by atoms with van der Waals surface area (Å²) in [6.45, 7) is 3.96. The van der Waals surface area contributed by atoms with Crippen molar-refractivity contribution >= 4 is 50.7 Å². The fourth-order valence-corrected chi connectivity index (χ4v) is 13.9. The Hall–Kier alpha value is -4.06. The predicted molar refractivity (Wildman–Crippen MR) is 233 cm³/mol. The van der Waals surface area contributed by atoms with Crippen LogP contribution in [0.5, 0.6) is 5.75 Å². The molecule has 9 atom stereocenters. The van der Waals surface area contributed by atoms with E-state index < -0.39 is 28.7 Å². The number of allylic oxidation sites excluding steroid dienone is 2. The maximum absolute atomic E-state index is 14.5. The lowest BCUT2D eigenvalue weighted by atomic mass is 9.61.